The molecule has 1 N–H and O–H groups in total. The van der Waals surface area contributed by atoms with Crippen LogP contribution in [0.3, 0.4) is 0 Å². The predicted molar refractivity (Wildman–Crippen MR) is 62.6 cm³/mol. The molecule has 0 bridgehead atoms. The summed E-state index contributed by atoms with van der Waals surface area (Å²) in [6.45, 7) is 9.84. The van der Waals surface area contributed by atoms with Crippen molar-refractivity contribution in [2.24, 2.45) is 0 Å². The molecule has 0 aliphatic rings. The third-order valence-electron chi connectivity index (χ3n) is 2.59. The summed E-state index contributed by atoms with van der Waals surface area (Å²) in [6, 6.07) is 9.31. The molecular formula is C13H21N. The van der Waals surface area contributed by atoms with Crippen LogP contribution in [0, 0.1) is 0 Å². The van der Waals surface area contributed by atoms with Gasteiger partial charge in [0.05, 0.1) is 0 Å². The Morgan fingerprint density at radius 2 is 1.79 bits per heavy atom. The van der Waals surface area contributed by atoms with Gasteiger partial charge in [-0.3, -0.25) is 0 Å². The molecular weight excluding hydrogens is 170 g/mol. The van der Waals surface area contributed by atoms with E-state index in [2.05, 4.69) is 57.3 Å². The van der Waals surface area contributed by atoms with Crippen LogP contribution in [-0.2, 0) is 0 Å². The quantitative estimate of drug-likeness (QED) is 0.768. The van der Waals surface area contributed by atoms with Gasteiger partial charge in [0.25, 0.3) is 0 Å². The van der Waals surface area contributed by atoms with E-state index >= 15 is 0 Å². The van der Waals surface area contributed by atoms with E-state index in [4.69, 9.17) is 0 Å². The molecule has 1 rings (SSSR count). The largest absolute Gasteiger partial charge is 0.310 e. The maximum absolute atomic E-state index is 3.43. The van der Waals surface area contributed by atoms with E-state index < -0.39 is 0 Å². The summed E-state index contributed by atoms with van der Waals surface area (Å²) < 4.78 is 0. The molecule has 0 aromatic heterocycles. The molecule has 1 unspecified atom stereocenters. The zero-order chi connectivity index (χ0) is 10.6. The van der Waals surface area contributed by atoms with Crippen LogP contribution in [0.4, 0.5) is 0 Å². The van der Waals surface area contributed by atoms with Gasteiger partial charge < -0.3 is 5.32 Å². The minimum Gasteiger partial charge on any atom is -0.310 e. The number of nitrogens with one attached hydrogen (secondary N) is 1. The highest BCUT2D eigenvalue weighted by molar-refractivity contribution is 5.27. The topological polar surface area (TPSA) is 12.0 Å². The molecule has 0 aliphatic carbocycles. The lowest BCUT2D eigenvalue weighted by atomic mass is 9.98. The third kappa shape index (κ3) is 2.85. The average molecular weight is 191 g/mol. The molecule has 0 fully saturated rings. The monoisotopic (exact) mass is 191 g/mol. The molecule has 0 heterocycles. The number of rotatable bonds is 4. The van der Waals surface area contributed by atoms with E-state index in [9.17, 15) is 0 Å². The van der Waals surface area contributed by atoms with Crippen LogP contribution in [0.2, 0.25) is 0 Å². The van der Waals surface area contributed by atoms with Gasteiger partial charge in [-0.2, -0.15) is 0 Å². The second-order valence-corrected chi connectivity index (χ2v) is 4.10. The standard InChI is InChI=1S/C13H21N/c1-5-14-11(4)13-8-6-7-12(9-13)10(2)3/h6-11,14H,5H2,1-4H3. The summed E-state index contributed by atoms with van der Waals surface area (Å²) in [5, 5.41) is 3.43. The van der Waals surface area contributed by atoms with Gasteiger partial charge in [0, 0.05) is 6.04 Å². The fourth-order valence-corrected chi connectivity index (χ4v) is 1.61. The molecule has 0 saturated carbocycles. The van der Waals surface area contributed by atoms with Gasteiger partial charge in [0.15, 0.2) is 0 Å². The van der Waals surface area contributed by atoms with Crippen molar-refractivity contribution >= 4 is 0 Å². The summed E-state index contributed by atoms with van der Waals surface area (Å²) in [6.07, 6.45) is 0. The lowest BCUT2D eigenvalue weighted by Gasteiger charge is -2.15. The lowest BCUT2D eigenvalue weighted by molar-refractivity contribution is 0.597. The van der Waals surface area contributed by atoms with Gasteiger partial charge in [-0.1, -0.05) is 45.0 Å². The molecule has 78 valence electrons. The second kappa shape index (κ2) is 5.16. The summed E-state index contributed by atoms with van der Waals surface area (Å²) in [5.74, 6) is 0.615. The summed E-state index contributed by atoms with van der Waals surface area (Å²) in [5.41, 5.74) is 2.81. The van der Waals surface area contributed by atoms with Crippen LogP contribution in [0.25, 0.3) is 0 Å². The maximum Gasteiger partial charge on any atom is 0.0291 e. The Morgan fingerprint density at radius 1 is 1.14 bits per heavy atom. The Labute approximate surface area is 87.5 Å². The molecule has 0 aliphatic heterocycles. The zero-order valence-corrected chi connectivity index (χ0v) is 9.67. The van der Waals surface area contributed by atoms with Gasteiger partial charge in [-0.05, 0) is 30.5 Å². The molecule has 1 aromatic carbocycles. The summed E-state index contributed by atoms with van der Waals surface area (Å²) >= 11 is 0. The SMILES string of the molecule is CCNC(C)c1cccc(C(C)C)c1. The lowest BCUT2D eigenvalue weighted by Crippen LogP contribution is -2.17. The Hall–Kier alpha value is -0.820. The van der Waals surface area contributed by atoms with Crippen LogP contribution >= 0.6 is 0 Å². The highest BCUT2D eigenvalue weighted by Gasteiger charge is 2.05. The van der Waals surface area contributed by atoms with Gasteiger partial charge in [-0.25, -0.2) is 0 Å². The smallest absolute Gasteiger partial charge is 0.0291 e. The molecule has 1 atom stereocenters. The van der Waals surface area contributed by atoms with Gasteiger partial charge in [0.2, 0.25) is 0 Å². The fraction of sp³-hybridized carbons (Fsp3) is 0.538. The van der Waals surface area contributed by atoms with Crippen molar-refractivity contribution < 1.29 is 0 Å². The second-order valence-electron chi connectivity index (χ2n) is 4.10. The van der Waals surface area contributed by atoms with E-state index in [-0.39, 0.29) is 0 Å². The number of hydrogen-bond donors (Lipinski definition) is 1. The Morgan fingerprint density at radius 3 is 2.36 bits per heavy atom. The molecule has 0 saturated heterocycles. The van der Waals surface area contributed by atoms with Crippen LogP contribution in [-0.4, -0.2) is 6.54 Å². The minimum atomic E-state index is 0.457. The first-order valence-electron chi connectivity index (χ1n) is 5.48. The molecule has 14 heavy (non-hydrogen) atoms. The number of benzene rings is 1. The Kier molecular flexibility index (Phi) is 4.15. The molecule has 0 spiro atoms. The van der Waals surface area contributed by atoms with Crippen molar-refractivity contribution in [3.05, 3.63) is 35.4 Å². The zero-order valence-electron chi connectivity index (χ0n) is 9.67. The Bertz CT molecular complexity index is 278. The van der Waals surface area contributed by atoms with E-state index in [1.807, 2.05) is 0 Å². The molecule has 1 heteroatoms. The first kappa shape index (κ1) is 11.3. The molecule has 0 radical (unpaired) electrons. The number of hydrogen-bond acceptors (Lipinski definition) is 1. The average Bonchev–Trinajstić information content (AvgIpc) is 2.18. The fourth-order valence-electron chi connectivity index (χ4n) is 1.61. The third-order valence-corrected chi connectivity index (χ3v) is 2.59. The van der Waals surface area contributed by atoms with Crippen molar-refractivity contribution in [2.75, 3.05) is 6.54 Å². The first-order chi connectivity index (χ1) is 6.65. The van der Waals surface area contributed by atoms with Crippen LogP contribution in [0.5, 0.6) is 0 Å². The van der Waals surface area contributed by atoms with Crippen molar-refractivity contribution in [3.8, 4) is 0 Å². The normalized spacial score (nSPS) is 13.2. The van der Waals surface area contributed by atoms with E-state index in [1.54, 1.807) is 0 Å². The van der Waals surface area contributed by atoms with Crippen LogP contribution in [0.15, 0.2) is 24.3 Å². The van der Waals surface area contributed by atoms with Crippen molar-refractivity contribution in [3.63, 3.8) is 0 Å². The molecule has 1 nitrogen and oxygen atoms in total. The van der Waals surface area contributed by atoms with Crippen molar-refractivity contribution in [2.45, 2.75) is 39.7 Å². The van der Waals surface area contributed by atoms with E-state index in [0.717, 1.165) is 6.54 Å². The maximum atomic E-state index is 3.43. The minimum absolute atomic E-state index is 0.457. The van der Waals surface area contributed by atoms with Crippen molar-refractivity contribution in [1.82, 2.24) is 5.32 Å². The van der Waals surface area contributed by atoms with E-state index in [1.165, 1.54) is 11.1 Å². The first-order valence-corrected chi connectivity index (χ1v) is 5.48. The van der Waals surface area contributed by atoms with Crippen LogP contribution in [0.1, 0.15) is 50.8 Å². The molecule has 0 amide bonds. The molecule has 1 aromatic rings. The van der Waals surface area contributed by atoms with Crippen LogP contribution < -0.4 is 5.32 Å². The highest BCUT2D eigenvalue weighted by atomic mass is 14.9. The van der Waals surface area contributed by atoms with Gasteiger partial charge >= 0.3 is 0 Å². The van der Waals surface area contributed by atoms with Crippen molar-refractivity contribution in [1.29, 1.82) is 0 Å². The predicted octanol–water partition coefficient (Wildman–Crippen LogP) is 3.48. The summed E-state index contributed by atoms with van der Waals surface area (Å²) in [7, 11) is 0. The van der Waals surface area contributed by atoms with E-state index in [0.29, 0.717) is 12.0 Å². The summed E-state index contributed by atoms with van der Waals surface area (Å²) in [4.78, 5) is 0. The van der Waals surface area contributed by atoms with Gasteiger partial charge in [0.1, 0.15) is 0 Å². The highest BCUT2D eigenvalue weighted by Crippen LogP contribution is 2.19. The van der Waals surface area contributed by atoms with Gasteiger partial charge in [-0.15, -0.1) is 0 Å². The Balaban J connectivity index is 2.82.